The van der Waals surface area contributed by atoms with Crippen LogP contribution in [0.2, 0.25) is 0 Å². The number of guanidine groups is 1. The monoisotopic (exact) mass is 269 g/mol. The number of carbonyl (C=O) groups is 1. The Kier molecular flexibility index (Phi) is 3.94. The summed E-state index contributed by atoms with van der Waals surface area (Å²) in [6, 6.07) is 3.33. The first-order valence-electron chi connectivity index (χ1n) is 5.68. The zero-order valence-corrected chi connectivity index (χ0v) is 10.2. The van der Waals surface area contributed by atoms with Gasteiger partial charge in [-0.1, -0.05) is 0 Å². The number of rotatable bonds is 1. The molecule has 1 unspecified atom stereocenters. The van der Waals surface area contributed by atoms with Gasteiger partial charge in [-0.25, -0.2) is 13.6 Å². The van der Waals surface area contributed by atoms with E-state index in [-0.39, 0.29) is 24.0 Å². The summed E-state index contributed by atoms with van der Waals surface area (Å²) < 4.78 is 31.1. The average molecular weight is 269 g/mol. The molecule has 7 heteroatoms. The molecule has 0 aliphatic carbocycles. The first kappa shape index (κ1) is 13.3. The van der Waals surface area contributed by atoms with E-state index in [2.05, 4.69) is 20.4 Å². The summed E-state index contributed by atoms with van der Waals surface area (Å²) in [4.78, 5) is 15.0. The Labute approximate surface area is 108 Å². The number of nitrogens with one attached hydrogen (secondary N) is 2. The van der Waals surface area contributed by atoms with Crippen LogP contribution in [0.15, 0.2) is 23.2 Å². The molecule has 1 aromatic rings. The molecule has 2 N–H and O–H groups in total. The van der Waals surface area contributed by atoms with Gasteiger partial charge in [0.1, 0.15) is 11.6 Å². The Morgan fingerprint density at radius 1 is 1.53 bits per heavy atom. The highest BCUT2D eigenvalue weighted by Gasteiger charge is 2.21. The van der Waals surface area contributed by atoms with Crippen molar-refractivity contribution in [2.75, 3.05) is 20.2 Å². The number of benzene rings is 1. The first-order chi connectivity index (χ1) is 9.10. The molecular weight excluding hydrogens is 256 g/mol. The second kappa shape index (κ2) is 5.64. The van der Waals surface area contributed by atoms with E-state index in [0.29, 0.717) is 6.54 Å². The normalized spacial score (nSPS) is 18.3. The van der Waals surface area contributed by atoms with Crippen molar-refractivity contribution >= 4 is 12.1 Å². The highest BCUT2D eigenvalue weighted by molar-refractivity contribution is 5.94. The van der Waals surface area contributed by atoms with Crippen molar-refractivity contribution in [3.8, 4) is 0 Å². The van der Waals surface area contributed by atoms with Gasteiger partial charge in [-0.3, -0.25) is 10.3 Å². The Balaban J connectivity index is 2.06. The highest BCUT2D eigenvalue weighted by Crippen LogP contribution is 2.21. The number of halogens is 2. The molecule has 5 nitrogen and oxygen atoms in total. The summed E-state index contributed by atoms with van der Waals surface area (Å²) in [6.45, 7) is 0.607. The molecule has 1 aliphatic rings. The number of alkyl carbamates (subject to hydrolysis) is 1. The van der Waals surface area contributed by atoms with E-state index in [4.69, 9.17) is 0 Å². The molecule has 19 heavy (non-hydrogen) atoms. The van der Waals surface area contributed by atoms with Crippen molar-refractivity contribution in [2.45, 2.75) is 5.92 Å². The van der Waals surface area contributed by atoms with Gasteiger partial charge in [0.15, 0.2) is 0 Å². The topological polar surface area (TPSA) is 62.7 Å². The molecule has 2 rings (SSSR count). The minimum Gasteiger partial charge on any atom is -0.453 e. The predicted molar refractivity (Wildman–Crippen MR) is 64.9 cm³/mol. The van der Waals surface area contributed by atoms with Crippen molar-refractivity contribution in [3.63, 3.8) is 0 Å². The van der Waals surface area contributed by atoms with Gasteiger partial charge in [0, 0.05) is 12.5 Å². The van der Waals surface area contributed by atoms with Crippen LogP contribution in [0.1, 0.15) is 11.5 Å². The lowest BCUT2D eigenvalue weighted by atomic mass is 9.97. The van der Waals surface area contributed by atoms with Gasteiger partial charge >= 0.3 is 6.09 Å². The van der Waals surface area contributed by atoms with Gasteiger partial charge in [0.05, 0.1) is 13.7 Å². The van der Waals surface area contributed by atoms with E-state index in [0.717, 1.165) is 18.2 Å². The fourth-order valence-electron chi connectivity index (χ4n) is 1.81. The lowest BCUT2D eigenvalue weighted by Gasteiger charge is -2.23. The Hall–Kier alpha value is -2.18. The standard InChI is InChI=1S/C12H13F2N3O2/c1-19-12(18)17-11-15-5-7(6-16-11)9-4-8(13)2-3-10(9)14/h2-4,7H,5-6H2,1H3,(H2,15,16,17,18). The molecule has 0 fully saturated rings. The summed E-state index contributed by atoms with van der Waals surface area (Å²) in [5, 5.41) is 5.20. The largest absolute Gasteiger partial charge is 0.453 e. The summed E-state index contributed by atoms with van der Waals surface area (Å²) in [6.07, 6.45) is -0.637. The minimum atomic E-state index is -0.637. The van der Waals surface area contributed by atoms with Crippen molar-refractivity contribution < 1.29 is 18.3 Å². The van der Waals surface area contributed by atoms with Crippen LogP contribution in [0.5, 0.6) is 0 Å². The maximum atomic E-state index is 13.6. The predicted octanol–water partition coefficient (Wildman–Crippen LogP) is 1.36. The van der Waals surface area contributed by atoms with Crippen molar-refractivity contribution in [1.82, 2.24) is 10.6 Å². The molecule has 1 atom stereocenters. The van der Waals surface area contributed by atoms with Crippen LogP contribution < -0.4 is 10.6 Å². The van der Waals surface area contributed by atoms with E-state index in [1.54, 1.807) is 0 Å². The van der Waals surface area contributed by atoms with Crippen molar-refractivity contribution in [1.29, 1.82) is 0 Å². The van der Waals surface area contributed by atoms with Gasteiger partial charge in [-0.2, -0.15) is 0 Å². The number of hydrogen-bond acceptors (Lipinski definition) is 4. The Bertz CT molecular complexity index is 520. The van der Waals surface area contributed by atoms with E-state index in [9.17, 15) is 13.6 Å². The third-order valence-corrected chi connectivity index (χ3v) is 2.79. The number of aliphatic imine (C=N–C) groups is 1. The molecule has 102 valence electrons. The maximum Gasteiger partial charge on any atom is 0.413 e. The third-order valence-electron chi connectivity index (χ3n) is 2.79. The zero-order valence-electron chi connectivity index (χ0n) is 10.2. The molecule has 0 saturated carbocycles. The molecule has 1 aliphatic heterocycles. The molecule has 1 aromatic carbocycles. The number of amides is 1. The van der Waals surface area contributed by atoms with E-state index in [1.807, 2.05) is 0 Å². The zero-order chi connectivity index (χ0) is 13.8. The maximum absolute atomic E-state index is 13.6. The number of hydrogen-bond donors (Lipinski definition) is 2. The van der Waals surface area contributed by atoms with E-state index in [1.165, 1.54) is 7.11 Å². The summed E-state index contributed by atoms with van der Waals surface area (Å²) >= 11 is 0. The van der Waals surface area contributed by atoms with Crippen LogP contribution >= 0.6 is 0 Å². The summed E-state index contributed by atoms with van der Waals surface area (Å²) in [5.41, 5.74) is 0.272. The number of carbonyl (C=O) groups excluding carboxylic acids is 1. The summed E-state index contributed by atoms with van der Waals surface area (Å²) in [7, 11) is 1.24. The molecule has 0 radical (unpaired) electrons. The Morgan fingerprint density at radius 3 is 2.95 bits per heavy atom. The molecule has 1 amide bonds. The molecule has 0 spiro atoms. The second-order valence-electron chi connectivity index (χ2n) is 4.05. The van der Waals surface area contributed by atoms with Gasteiger partial charge in [0.2, 0.25) is 5.96 Å². The quantitative estimate of drug-likeness (QED) is 0.809. The fourth-order valence-corrected chi connectivity index (χ4v) is 1.81. The lowest BCUT2D eigenvalue weighted by Crippen LogP contribution is -2.45. The van der Waals surface area contributed by atoms with Gasteiger partial charge in [-0.15, -0.1) is 0 Å². The van der Waals surface area contributed by atoms with Gasteiger partial charge in [-0.05, 0) is 23.8 Å². The SMILES string of the molecule is COC(=O)NC1=NCC(c2cc(F)ccc2F)CN1. The van der Waals surface area contributed by atoms with Crippen molar-refractivity contribution in [2.24, 2.45) is 4.99 Å². The van der Waals surface area contributed by atoms with Crippen LogP contribution in [0.3, 0.4) is 0 Å². The lowest BCUT2D eigenvalue weighted by molar-refractivity contribution is 0.176. The highest BCUT2D eigenvalue weighted by atomic mass is 19.1. The smallest absolute Gasteiger partial charge is 0.413 e. The molecule has 0 bridgehead atoms. The van der Waals surface area contributed by atoms with Crippen LogP contribution in [0, 0.1) is 11.6 Å². The van der Waals surface area contributed by atoms with Crippen LogP contribution in [0.25, 0.3) is 0 Å². The van der Waals surface area contributed by atoms with E-state index < -0.39 is 17.7 Å². The average Bonchev–Trinajstić information content (AvgIpc) is 2.42. The number of methoxy groups -OCH3 is 1. The van der Waals surface area contributed by atoms with Crippen LogP contribution in [-0.2, 0) is 4.74 Å². The van der Waals surface area contributed by atoms with Crippen molar-refractivity contribution in [3.05, 3.63) is 35.4 Å². The molecular formula is C12H13F2N3O2. The first-order valence-corrected chi connectivity index (χ1v) is 5.68. The fraction of sp³-hybridized carbons (Fsp3) is 0.333. The third kappa shape index (κ3) is 3.18. The molecule has 1 heterocycles. The van der Waals surface area contributed by atoms with Gasteiger partial charge < -0.3 is 10.1 Å². The number of ether oxygens (including phenoxy) is 1. The second-order valence-corrected chi connectivity index (χ2v) is 4.05. The molecule has 0 saturated heterocycles. The van der Waals surface area contributed by atoms with Gasteiger partial charge in [0.25, 0.3) is 0 Å². The van der Waals surface area contributed by atoms with E-state index >= 15 is 0 Å². The van der Waals surface area contributed by atoms with Crippen LogP contribution in [-0.4, -0.2) is 32.3 Å². The Morgan fingerprint density at radius 2 is 2.32 bits per heavy atom. The summed E-state index contributed by atoms with van der Waals surface area (Å²) in [5.74, 6) is -0.967. The minimum absolute atomic E-state index is 0.257. The molecule has 0 aromatic heterocycles. The number of nitrogens with zero attached hydrogens (tertiary/aromatic N) is 1. The van der Waals surface area contributed by atoms with Crippen LogP contribution in [0.4, 0.5) is 13.6 Å².